The fraction of sp³-hybridized carbons (Fsp3) is 1.00. The maximum Gasteiger partial charge on any atom is 0.160 e. The van der Waals surface area contributed by atoms with E-state index in [1.807, 2.05) is 0 Å². The van der Waals surface area contributed by atoms with Gasteiger partial charge >= 0.3 is 0 Å². The SMILES string of the molecule is CCCCCCCCCC(CCC1CCC2OC2C1)C(OCC)OCC. The second kappa shape index (κ2) is 13.1. The Hall–Kier alpha value is -0.120. The Morgan fingerprint density at radius 2 is 1.50 bits per heavy atom. The van der Waals surface area contributed by atoms with Gasteiger partial charge in [-0.1, -0.05) is 51.9 Å². The van der Waals surface area contributed by atoms with Crippen LogP contribution in [0.1, 0.15) is 104 Å². The molecule has 2 aliphatic rings. The van der Waals surface area contributed by atoms with Crippen LogP contribution < -0.4 is 0 Å². The van der Waals surface area contributed by atoms with Crippen LogP contribution >= 0.6 is 0 Å². The van der Waals surface area contributed by atoms with E-state index in [2.05, 4.69) is 20.8 Å². The summed E-state index contributed by atoms with van der Waals surface area (Å²) in [7, 11) is 0. The van der Waals surface area contributed by atoms with Crippen LogP contribution in [-0.2, 0) is 14.2 Å². The van der Waals surface area contributed by atoms with Crippen LogP contribution in [0.15, 0.2) is 0 Å². The molecule has 26 heavy (non-hydrogen) atoms. The Kier molecular flexibility index (Phi) is 11.2. The number of fused-ring (bicyclic) bond motifs is 1. The van der Waals surface area contributed by atoms with Gasteiger partial charge in [0.05, 0.1) is 12.2 Å². The molecule has 0 N–H and O–H groups in total. The first-order chi connectivity index (χ1) is 12.8. The van der Waals surface area contributed by atoms with Crippen molar-refractivity contribution in [3.05, 3.63) is 0 Å². The van der Waals surface area contributed by atoms with Crippen LogP contribution in [0.4, 0.5) is 0 Å². The maximum atomic E-state index is 5.98. The molecule has 0 bridgehead atoms. The highest BCUT2D eigenvalue weighted by molar-refractivity contribution is 4.91. The zero-order chi connectivity index (χ0) is 18.6. The van der Waals surface area contributed by atoms with Crippen molar-refractivity contribution in [1.82, 2.24) is 0 Å². The molecule has 0 amide bonds. The van der Waals surface area contributed by atoms with E-state index >= 15 is 0 Å². The normalized spacial score (nSPS) is 26.1. The summed E-state index contributed by atoms with van der Waals surface area (Å²) in [6, 6.07) is 0. The van der Waals surface area contributed by atoms with E-state index in [1.54, 1.807) is 0 Å². The standard InChI is InChI=1S/C23H44O3/c1-4-7-8-9-10-11-12-13-20(23(24-5-2)25-6-3)16-14-19-15-17-21-22(18-19)26-21/h19-23H,4-18H2,1-3H3. The molecule has 3 nitrogen and oxygen atoms in total. The quantitative estimate of drug-likeness (QED) is 0.177. The Balaban J connectivity index is 1.70. The molecule has 4 unspecified atom stereocenters. The van der Waals surface area contributed by atoms with Crippen LogP contribution in [-0.4, -0.2) is 31.7 Å². The minimum absolute atomic E-state index is 0.00129. The van der Waals surface area contributed by atoms with Crippen molar-refractivity contribution in [3.63, 3.8) is 0 Å². The second-order valence-corrected chi connectivity index (χ2v) is 8.42. The Labute approximate surface area is 162 Å². The summed E-state index contributed by atoms with van der Waals surface area (Å²) >= 11 is 0. The summed E-state index contributed by atoms with van der Waals surface area (Å²) < 4.78 is 17.7. The zero-order valence-corrected chi connectivity index (χ0v) is 17.7. The van der Waals surface area contributed by atoms with Crippen molar-refractivity contribution in [2.24, 2.45) is 11.8 Å². The molecule has 1 saturated heterocycles. The van der Waals surface area contributed by atoms with Crippen molar-refractivity contribution < 1.29 is 14.2 Å². The van der Waals surface area contributed by atoms with E-state index in [-0.39, 0.29) is 6.29 Å². The number of hydrogen-bond acceptors (Lipinski definition) is 3. The van der Waals surface area contributed by atoms with E-state index in [4.69, 9.17) is 14.2 Å². The molecule has 1 aliphatic carbocycles. The van der Waals surface area contributed by atoms with Crippen molar-refractivity contribution in [1.29, 1.82) is 0 Å². The van der Waals surface area contributed by atoms with Crippen LogP contribution in [0.2, 0.25) is 0 Å². The fourth-order valence-electron chi connectivity index (χ4n) is 4.63. The first-order valence-electron chi connectivity index (χ1n) is 11.7. The highest BCUT2D eigenvalue weighted by Crippen LogP contribution is 2.41. The Bertz CT molecular complexity index is 340. The zero-order valence-electron chi connectivity index (χ0n) is 17.7. The van der Waals surface area contributed by atoms with Gasteiger partial charge in [0.2, 0.25) is 0 Å². The number of unbranched alkanes of at least 4 members (excludes halogenated alkanes) is 6. The Morgan fingerprint density at radius 1 is 0.808 bits per heavy atom. The average molecular weight is 369 g/mol. The second-order valence-electron chi connectivity index (χ2n) is 8.42. The minimum Gasteiger partial charge on any atom is -0.370 e. The first kappa shape index (κ1) is 22.2. The van der Waals surface area contributed by atoms with Crippen molar-refractivity contribution in [3.8, 4) is 0 Å². The molecule has 0 spiro atoms. The summed E-state index contributed by atoms with van der Waals surface area (Å²) in [6.45, 7) is 7.96. The molecule has 154 valence electrons. The molecule has 1 saturated carbocycles. The lowest BCUT2D eigenvalue weighted by Crippen LogP contribution is -2.28. The largest absolute Gasteiger partial charge is 0.370 e. The minimum atomic E-state index is -0.00129. The van der Waals surface area contributed by atoms with Crippen LogP contribution in [0.5, 0.6) is 0 Å². The van der Waals surface area contributed by atoms with Gasteiger partial charge < -0.3 is 14.2 Å². The van der Waals surface area contributed by atoms with Crippen molar-refractivity contribution in [2.45, 2.75) is 123 Å². The summed E-state index contributed by atoms with van der Waals surface area (Å²) in [4.78, 5) is 0. The molecular formula is C23H44O3. The molecule has 1 aliphatic heterocycles. The third kappa shape index (κ3) is 8.27. The molecule has 1 heterocycles. The van der Waals surface area contributed by atoms with E-state index in [9.17, 15) is 0 Å². The summed E-state index contributed by atoms with van der Waals surface area (Å²) in [5, 5.41) is 0. The molecule has 0 aromatic carbocycles. The van der Waals surface area contributed by atoms with Gasteiger partial charge in [-0.3, -0.25) is 0 Å². The third-order valence-electron chi connectivity index (χ3n) is 6.28. The van der Waals surface area contributed by atoms with Crippen molar-refractivity contribution >= 4 is 0 Å². The highest BCUT2D eigenvalue weighted by atomic mass is 16.7. The highest BCUT2D eigenvalue weighted by Gasteiger charge is 2.43. The van der Waals surface area contributed by atoms with Gasteiger partial charge in [0.15, 0.2) is 6.29 Å². The van der Waals surface area contributed by atoms with Gasteiger partial charge in [0, 0.05) is 19.1 Å². The van der Waals surface area contributed by atoms with Gasteiger partial charge in [0.1, 0.15) is 0 Å². The summed E-state index contributed by atoms with van der Waals surface area (Å²) in [5.74, 6) is 1.42. The molecule has 0 radical (unpaired) electrons. The maximum absolute atomic E-state index is 5.98. The monoisotopic (exact) mass is 368 g/mol. The fourth-order valence-corrected chi connectivity index (χ4v) is 4.63. The molecule has 2 fully saturated rings. The van der Waals surface area contributed by atoms with Gasteiger partial charge in [-0.05, 0) is 58.3 Å². The number of rotatable bonds is 16. The molecule has 2 rings (SSSR count). The first-order valence-corrected chi connectivity index (χ1v) is 11.7. The summed E-state index contributed by atoms with van der Waals surface area (Å²) in [6.07, 6.45) is 18.6. The molecular weight excluding hydrogens is 324 g/mol. The lowest BCUT2D eigenvalue weighted by molar-refractivity contribution is -0.170. The number of epoxide rings is 1. The van der Waals surface area contributed by atoms with Gasteiger partial charge in [-0.15, -0.1) is 0 Å². The number of ether oxygens (including phenoxy) is 3. The lowest BCUT2D eigenvalue weighted by atomic mass is 9.83. The van der Waals surface area contributed by atoms with Crippen LogP contribution in [0.3, 0.4) is 0 Å². The number of hydrogen-bond donors (Lipinski definition) is 0. The van der Waals surface area contributed by atoms with Gasteiger partial charge in [0.25, 0.3) is 0 Å². The molecule has 0 aromatic heterocycles. The molecule has 4 atom stereocenters. The third-order valence-corrected chi connectivity index (χ3v) is 6.28. The topological polar surface area (TPSA) is 31.0 Å². The van der Waals surface area contributed by atoms with E-state index in [1.165, 1.54) is 83.5 Å². The predicted octanol–water partition coefficient (Wildman–Crippen LogP) is 6.49. The van der Waals surface area contributed by atoms with Crippen LogP contribution in [0.25, 0.3) is 0 Å². The van der Waals surface area contributed by atoms with Gasteiger partial charge in [-0.2, -0.15) is 0 Å². The summed E-state index contributed by atoms with van der Waals surface area (Å²) in [5.41, 5.74) is 0. The molecule has 3 heteroatoms. The molecule has 0 aromatic rings. The predicted molar refractivity (Wildman–Crippen MR) is 108 cm³/mol. The smallest absolute Gasteiger partial charge is 0.160 e. The van der Waals surface area contributed by atoms with E-state index in [0.717, 1.165) is 19.1 Å². The Morgan fingerprint density at radius 3 is 2.15 bits per heavy atom. The van der Waals surface area contributed by atoms with Crippen LogP contribution in [0, 0.1) is 11.8 Å². The van der Waals surface area contributed by atoms with E-state index < -0.39 is 0 Å². The van der Waals surface area contributed by atoms with Crippen molar-refractivity contribution in [2.75, 3.05) is 13.2 Å². The lowest BCUT2D eigenvalue weighted by Gasteiger charge is -2.29. The van der Waals surface area contributed by atoms with Gasteiger partial charge in [-0.25, -0.2) is 0 Å². The van der Waals surface area contributed by atoms with E-state index in [0.29, 0.717) is 18.1 Å². The average Bonchev–Trinajstić information content (AvgIpc) is 3.42.